The standard InChI is InChI=1S/C35H31Cl2N3O4/c1-2-18-35(34(42)40-39-31-27-10-5-3-8-25(27)26-9-4-6-11-28(26)31)32(29-17-14-23(36)21-30(29)37)44-33(38-35)22-12-15-24(16-13-22)43-20-7-19-41/h2-6,8-17,21,31-32,39,41H,1,7,18-20H2,(H,40,42)/t32-,35-/m0/s1. The van der Waals surface area contributed by atoms with Gasteiger partial charge in [0.25, 0.3) is 5.91 Å². The van der Waals surface area contributed by atoms with Crippen LogP contribution in [-0.2, 0) is 9.53 Å². The van der Waals surface area contributed by atoms with Gasteiger partial charge in [-0.25, -0.2) is 10.4 Å². The Morgan fingerprint density at radius 1 is 0.977 bits per heavy atom. The topological polar surface area (TPSA) is 92.2 Å². The number of aliphatic hydroxyl groups is 1. The summed E-state index contributed by atoms with van der Waals surface area (Å²) >= 11 is 12.9. The zero-order valence-electron chi connectivity index (χ0n) is 23.8. The molecule has 0 aromatic heterocycles. The molecule has 0 spiro atoms. The molecule has 4 aromatic carbocycles. The van der Waals surface area contributed by atoms with E-state index in [4.69, 9.17) is 42.8 Å². The third kappa shape index (κ3) is 5.60. The normalized spacial score (nSPS) is 18.6. The summed E-state index contributed by atoms with van der Waals surface area (Å²) in [6.07, 6.45) is 1.50. The van der Waals surface area contributed by atoms with Crippen LogP contribution < -0.4 is 15.6 Å². The van der Waals surface area contributed by atoms with Gasteiger partial charge in [0.1, 0.15) is 5.75 Å². The lowest BCUT2D eigenvalue weighted by Crippen LogP contribution is -2.53. The third-order valence-electron chi connectivity index (χ3n) is 7.89. The molecule has 0 unspecified atom stereocenters. The fourth-order valence-electron chi connectivity index (χ4n) is 5.78. The first-order chi connectivity index (χ1) is 21.4. The molecule has 9 heteroatoms. The summed E-state index contributed by atoms with van der Waals surface area (Å²) in [5.74, 6) is 0.542. The van der Waals surface area contributed by atoms with Gasteiger partial charge in [-0.1, -0.05) is 83.9 Å². The number of ether oxygens (including phenoxy) is 2. The number of hydrazine groups is 1. The maximum atomic E-state index is 14.4. The lowest BCUT2D eigenvalue weighted by atomic mass is 9.84. The van der Waals surface area contributed by atoms with E-state index in [2.05, 4.69) is 41.7 Å². The number of nitrogens with zero attached hydrogens (tertiary/aromatic N) is 1. The zero-order valence-corrected chi connectivity index (χ0v) is 25.3. The SMILES string of the molecule is C=CC[C@]1(C(=O)NNC2c3ccccc3-c3ccccc32)N=C(c2ccc(OCCCO)cc2)O[C@H]1c1ccc(Cl)cc1Cl. The molecule has 2 atom stereocenters. The molecule has 0 bridgehead atoms. The number of aliphatic imine (C=N–C) groups is 1. The van der Waals surface area contributed by atoms with Gasteiger partial charge in [-0.2, -0.15) is 0 Å². The fraction of sp³-hybridized carbons (Fsp3) is 0.200. The van der Waals surface area contributed by atoms with Crippen LogP contribution in [0.25, 0.3) is 11.1 Å². The van der Waals surface area contributed by atoms with Crippen LogP contribution in [0.1, 0.15) is 47.2 Å². The largest absolute Gasteiger partial charge is 0.494 e. The third-order valence-corrected chi connectivity index (χ3v) is 8.46. The first-order valence-corrected chi connectivity index (χ1v) is 15.1. The van der Waals surface area contributed by atoms with Crippen LogP contribution in [0.5, 0.6) is 5.75 Å². The van der Waals surface area contributed by atoms with Crippen molar-refractivity contribution >= 4 is 35.0 Å². The quantitative estimate of drug-likeness (QED) is 0.0948. The molecular weight excluding hydrogens is 597 g/mol. The molecule has 3 N–H and O–H groups in total. The second kappa shape index (κ2) is 12.8. The van der Waals surface area contributed by atoms with Crippen molar-refractivity contribution in [1.82, 2.24) is 10.9 Å². The minimum absolute atomic E-state index is 0.0550. The molecule has 0 fully saturated rings. The number of hydrogen-bond acceptors (Lipinski definition) is 6. The highest BCUT2D eigenvalue weighted by molar-refractivity contribution is 6.35. The fourth-order valence-corrected chi connectivity index (χ4v) is 6.29. The van der Waals surface area contributed by atoms with Crippen LogP contribution in [0.3, 0.4) is 0 Å². The Kier molecular flexibility index (Phi) is 8.73. The van der Waals surface area contributed by atoms with Gasteiger partial charge in [-0.05, 0) is 58.7 Å². The number of aliphatic hydroxyl groups excluding tert-OH is 1. The van der Waals surface area contributed by atoms with Gasteiger partial charge in [-0.3, -0.25) is 10.2 Å². The summed E-state index contributed by atoms with van der Waals surface area (Å²) in [5, 5.41) is 9.86. The van der Waals surface area contributed by atoms with Crippen molar-refractivity contribution in [3.8, 4) is 16.9 Å². The second-order valence-electron chi connectivity index (χ2n) is 10.7. The Bertz CT molecular complexity index is 1680. The van der Waals surface area contributed by atoms with Gasteiger partial charge in [-0.15, -0.1) is 6.58 Å². The average molecular weight is 629 g/mol. The van der Waals surface area contributed by atoms with Gasteiger partial charge >= 0.3 is 0 Å². The van der Waals surface area contributed by atoms with Crippen LogP contribution in [0.2, 0.25) is 10.0 Å². The van der Waals surface area contributed by atoms with Crippen molar-refractivity contribution in [3.05, 3.63) is 136 Å². The second-order valence-corrected chi connectivity index (χ2v) is 11.5. The van der Waals surface area contributed by atoms with Crippen molar-refractivity contribution in [1.29, 1.82) is 0 Å². The molecule has 1 aliphatic carbocycles. The van der Waals surface area contributed by atoms with Crippen molar-refractivity contribution in [2.75, 3.05) is 13.2 Å². The maximum Gasteiger partial charge on any atom is 0.266 e. The van der Waals surface area contributed by atoms with Crippen molar-refractivity contribution in [3.63, 3.8) is 0 Å². The zero-order chi connectivity index (χ0) is 30.7. The Morgan fingerprint density at radius 2 is 1.66 bits per heavy atom. The molecule has 1 amide bonds. The summed E-state index contributed by atoms with van der Waals surface area (Å²) in [4.78, 5) is 19.3. The van der Waals surface area contributed by atoms with Crippen LogP contribution in [0.15, 0.2) is 109 Å². The van der Waals surface area contributed by atoms with E-state index in [0.29, 0.717) is 39.9 Å². The van der Waals surface area contributed by atoms with E-state index in [1.807, 2.05) is 36.4 Å². The van der Waals surface area contributed by atoms with E-state index in [1.165, 1.54) is 0 Å². The number of fused-ring (bicyclic) bond motifs is 3. The number of halogens is 2. The Morgan fingerprint density at radius 3 is 2.30 bits per heavy atom. The highest BCUT2D eigenvalue weighted by Crippen LogP contribution is 2.46. The number of carbonyl (C=O) groups excluding carboxylic acids is 1. The molecule has 0 radical (unpaired) electrons. The van der Waals surface area contributed by atoms with Gasteiger partial charge in [0.05, 0.1) is 12.6 Å². The first kappa shape index (κ1) is 29.9. The van der Waals surface area contributed by atoms with Gasteiger partial charge in [0.15, 0.2) is 11.6 Å². The van der Waals surface area contributed by atoms with Crippen molar-refractivity contribution < 1.29 is 19.4 Å². The number of rotatable bonds is 11. The number of nitrogens with one attached hydrogen (secondary N) is 2. The molecular formula is C35H31Cl2N3O4. The molecule has 0 saturated heterocycles. The van der Waals surface area contributed by atoms with E-state index in [9.17, 15) is 4.79 Å². The summed E-state index contributed by atoms with van der Waals surface area (Å²) in [6.45, 7) is 4.40. The molecule has 0 saturated carbocycles. The highest BCUT2D eigenvalue weighted by Gasteiger charge is 2.53. The predicted octanol–water partition coefficient (Wildman–Crippen LogP) is 6.98. The van der Waals surface area contributed by atoms with E-state index in [-0.39, 0.29) is 25.0 Å². The molecule has 1 aliphatic heterocycles. The molecule has 7 nitrogen and oxygen atoms in total. The molecule has 224 valence electrons. The van der Waals surface area contributed by atoms with Crippen LogP contribution in [0, 0.1) is 0 Å². The van der Waals surface area contributed by atoms with E-state index in [0.717, 1.165) is 22.3 Å². The summed E-state index contributed by atoms with van der Waals surface area (Å²) in [7, 11) is 0. The van der Waals surface area contributed by atoms with Crippen LogP contribution in [0.4, 0.5) is 0 Å². The summed E-state index contributed by atoms with van der Waals surface area (Å²) < 4.78 is 12.2. The smallest absolute Gasteiger partial charge is 0.266 e. The number of hydrogen-bond donors (Lipinski definition) is 3. The van der Waals surface area contributed by atoms with Crippen molar-refractivity contribution in [2.45, 2.75) is 30.5 Å². The highest BCUT2D eigenvalue weighted by atomic mass is 35.5. The summed E-state index contributed by atoms with van der Waals surface area (Å²) in [5.41, 5.74) is 10.5. The molecule has 2 aliphatic rings. The number of carbonyl (C=O) groups is 1. The van der Waals surface area contributed by atoms with Gasteiger partial charge in [0.2, 0.25) is 5.90 Å². The molecule has 6 rings (SSSR count). The number of amides is 1. The van der Waals surface area contributed by atoms with Crippen molar-refractivity contribution in [2.24, 2.45) is 4.99 Å². The lowest BCUT2D eigenvalue weighted by molar-refractivity contribution is -0.130. The molecule has 44 heavy (non-hydrogen) atoms. The minimum atomic E-state index is -1.44. The molecule has 4 aromatic rings. The minimum Gasteiger partial charge on any atom is -0.494 e. The maximum absolute atomic E-state index is 14.4. The first-order valence-electron chi connectivity index (χ1n) is 14.4. The monoisotopic (exact) mass is 627 g/mol. The Hall–Kier alpha value is -4.14. The average Bonchev–Trinajstić information content (AvgIpc) is 3.57. The Labute approximate surface area is 266 Å². The lowest BCUT2D eigenvalue weighted by Gasteiger charge is -2.31. The predicted molar refractivity (Wildman–Crippen MR) is 173 cm³/mol. The van der Waals surface area contributed by atoms with E-state index in [1.54, 1.807) is 36.4 Å². The van der Waals surface area contributed by atoms with E-state index < -0.39 is 17.6 Å². The summed E-state index contributed by atoms with van der Waals surface area (Å²) in [6, 6.07) is 28.4. The van der Waals surface area contributed by atoms with Gasteiger partial charge < -0.3 is 14.6 Å². The molecule has 1 heterocycles. The Balaban J connectivity index is 1.34. The van der Waals surface area contributed by atoms with Crippen LogP contribution in [-0.4, -0.2) is 35.7 Å². The van der Waals surface area contributed by atoms with Crippen LogP contribution >= 0.6 is 23.2 Å². The number of benzene rings is 4. The van der Waals surface area contributed by atoms with Gasteiger partial charge in [0, 0.05) is 40.6 Å². The van der Waals surface area contributed by atoms with E-state index >= 15 is 0 Å².